The van der Waals surface area contributed by atoms with Gasteiger partial charge in [0.25, 0.3) is 0 Å². The molecule has 1 aliphatic heterocycles. The molecule has 1 fully saturated rings. The van der Waals surface area contributed by atoms with Crippen LogP contribution in [0.5, 0.6) is 0 Å². The van der Waals surface area contributed by atoms with Gasteiger partial charge in [-0.15, -0.1) is 0 Å². The first-order valence-electron chi connectivity index (χ1n) is 10.5. The van der Waals surface area contributed by atoms with Crippen molar-refractivity contribution >= 4 is 23.8 Å². The molecule has 0 saturated carbocycles. The van der Waals surface area contributed by atoms with E-state index in [1.807, 2.05) is 6.08 Å². The van der Waals surface area contributed by atoms with Gasteiger partial charge in [0.15, 0.2) is 0 Å². The molecule has 2 unspecified atom stereocenters. The van der Waals surface area contributed by atoms with Crippen LogP contribution in [0.25, 0.3) is 0 Å². The number of urea groups is 1. The summed E-state index contributed by atoms with van der Waals surface area (Å²) in [5, 5.41) is 20.4. The molecule has 0 bridgehead atoms. The summed E-state index contributed by atoms with van der Waals surface area (Å²) in [5.74, 6) is 0.402. The van der Waals surface area contributed by atoms with Crippen LogP contribution in [-0.2, 0) is 4.74 Å². The summed E-state index contributed by atoms with van der Waals surface area (Å²) in [6.45, 7) is 3.53. The SMILES string of the molecule is COC[C@@H](NC(=O)Nc1cc(C=N)c(NC2CCNC(C)C2)cn1)C1=CCCC=C1.[HH].[HH].[HH]. The second-order valence-electron chi connectivity index (χ2n) is 7.81. The highest BCUT2D eigenvalue weighted by Gasteiger charge is 2.20. The lowest BCUT2D eigenvalue weighted by Crippen LogP contribution is -2.42. The van der Waals surface area contributed by atoms with Gasteiger partial charge in [-0.3, -0.25) is 5.32 Å². The van der Waals surface area contributed by atoms with Crippen LogP contribution in [0.3, 0.4) is 0 Å². The third-order valence-corrected chi connectivity index (χ3v) is 5.38. The fourth-order valence-electron chi connectivity index (χ4n) is 3.85. The average molecular weight is 419 g/mol. The van der Waals surface area contributed by atoms with Crippen molar-refractivity contribution in [1.82, 2.24) is 15.6 Å². The van der Waals surface area contributed by atoms with Gasteiger partial charge in [-0.05, 0) is 50.8 Å². The predicted molar refractivity (Wildman–Crippen MR) is 127 cm³/mol. The summed E-state index contributed by atoms with van der Waals surface area (Å²) >= 11 is 0. The molecule has 8 heteroatoms. The molecule has 2 aliphatic rings. The molecule has 3 rings (SSSR count). The zero-order valence-corrected chi connectivity index (χ0v) is 17.7. The van der Waals surface area contributed by atoms with E-state index < -0.39 is 0 Å². The van der Waals surface area contributed by atoms with Crippen LogP contribution in [-0.4, -0.2) is 55.6 Å². The van der Waals surface area contributed by atoms with Crippen LogP contribution < -0.4 is 21.3 Å². The van der Waals surface area contributed by atoms with E-state index in [1.165, 1.54) is 6.21 Å². The van der Waals surface area contributed by atoms with E-state index in [1.54, 1.807) is 19.4 Å². The Morgan fingerprint density at radius 2 is 2.37 bits per heavy atom. The van der Waals surface area contributed by atoms with Gasteiger partial charge >= 0.3 is 6.03 Å². The molecule has 0 spiro atoms. The van der Waals surface area contributed by atoms with E-state index >= 15 is 0 Å². The first-order chi connectivity index (χ1) is 14.6. The first-order valence-corrected chi connectivity index (χ1v) is 10.5. The first kappa shape index (κ1) is 22.0. The number of hydrogen-bond donors (Lipinski definition) is 5. The Labute approximate surface area is 182 Å². The Morgan fingerprint density at radius 1 is 1.50 bits per heavy atom. The number of carbonyl (C=O) groups excluding carboxylic acids is 1. The average Bonchev–Trinajstić information content (AvgIpc) is 2.75. The lowest BCUT2D eigenvalue weighted by molar-refractivity contribution is 0.178. The largest absolute Gasteiger partial charge is 0.382 e. The molecule has 1 aromatic rings. The number of piperidine rings is 1. The number of ether oxygens (including phenoxy) is 1. The monoisotopic (exact) mass is 418 g/mol. The number of aromatic nitrogens is 1. The van der Waals surface area contributed by atoms with Crippen molar-refractivity contribution in [2.24, 2.45) is 0 Å². The number of hydrogen-bond acceptors (Lipinski definition) is 6. The van der Waals surface area contributed by atoms with Crippen LogP contribution in [0.2, 0.25) is 0 Å². The van der Waals surface area contributed by atoms with Gasteiger partial charge in [0.1, 0.15) is 5.82 Å². The Bertz CT molecular complexity index is 821. The van der Waals surface area contributed by atoms with Crippen LogP contribution >= 0.6 is 0 Å². The quantitative estimate of drug-likeness (QED) is 0.413. The summed E-state index contributed by atoms with van der Waals surface area (Å²) in [5.41, 5.74) is 2.55. The number of amides is 2. The van der Waals surface area contributed by atoms with Crippen molar-refractivity contribution in [3.8, 4) is 0 Å². The highest BCUT2D eigenvalue weighted by molar-refractivity contribution is 5.92. The number of rotatable bonds is 8. The van der Waals surface area contributed by atoms with Gasteiger partial charge in [-0.2, -0.15) is 0 Å². The summed E-state index contributed by atoms with van der Waals surface area (Å²) in [6, 6.07) is 1.94. The van der Waals surface area contributed by atoms with Crippen LogP contribution in [0.15, 0.2) is 36.1 Å². The van der Waals surface area contributed by atoms with Crippen molar-refractivity contribution in [3.05, 3.63) is 41.6 Å². The van der Waals surface area contributed by atoms with E-state index in [0.29, 0.717) is 30.1 Å². The van der Waals surface area contributed by atoms with Gasteiger partial charge in [0.2, 0.25) is 0 Å². The second-order valence-corrected chi connectivity index (χ2v) is 7.81. The van der Waals surface area contributed by atoms with Crippen molar-refractivity contribution in [3.63, 3.8) is 0 Å². The van der Waals surface area contributed by atoms with Gasteiger partial charge in [0, 0.05) is 35.3 Å². The number of allylic oxidation sites excluding steroid dienone is 2. The minimum atomic E-state index is -0.353. The maximum absolute atomic E-state index is 12.5. The van der Waals surface area contributed by atoms with Gasteiger partial charge in [-0.25, -0.2) is 9.78 Å². The zero-order chi connectivity index (χ0) is 21.3. The highest BCUT2D eigenvalue weighted by atomic mass is 16.5. The van der Waals surface area contributed by atoms with Crippen molar-refractivity contribution < 1.29 is 13.8 Å². The fourth-order valence-corrected chi connectivity index (χ4v) is 3.85. The molecule has 2 heterocycles. The molecule has 168 valence electrons. The molecule has 30 heavy (non-hydrogen) atoms. The summed E-state index contributed by atoms with van der Waals surface area (Å²) in [6.07, 6.45) is 13.2. The summed E-state index contributed by atoms with van der Waals surface area (Å²) in [7, 11) is 1.62. The van der Waals surface area contributed by atoms with Crippen molar-refractivity contribution in [2.75, 3.05) is 30.9 Å². The Hall–Kier alpha value is -2.71. The number of methoxy groups -OCH3 is 1. The van der Waals surface area contributed by atoms with Crippen molar-refractivity contribution in [2.45, 2.75) is 50.7 Å². The summed E-state index contributed by atoms with van der Waals surface area (Å²) in [4.78, 5) is 16.9. The molecular weight excluding hydrogens is 380 g/mol. The minimum absolute atomic E-state index is 0. The number of nitrogens with one attached hydrogen (secondary N) is 5. The smallest absolute Gasteiger partial charge is 0.320 e. The van der Waals surface area contributed by atoms with Gasteiger partial charge in [-0.1, -0.05) is 18.2 Å². The van der Waals surface area contributed by atoms with Gasteiger partial charge in [0.05, 0.1) is 24.5 Å². The molecule has 3 atom stereocenters. The molecule has 1 aliphatic carbocycles. The van der Waals surface area contributed by atoms with Crippen LogP contribution in [0, 0.1) is 5.41 Å². The standard InChI is InChI=1S/C22H32N6O2.3H2/c1-15-10-18(8-9-24-15)26-19-13-25-21(11-17(19)12-23)28-22(29)27-20(14-30-2)16-6-4-3-5-7-16;;;/h4,6-7,11-13,15,18,20,23-24,26H,3,5,8-10,14H2,1-2H3,(H2,25,27,28,29);3*1H/t15?,18?,20-;;;/m1.../s1. The molecule has 1 aromatic heterocycles. The Kier molecular flexibility index (Phi) is 7.98. The lowest BCUT2D eigenvalue weighted by Gasteiger charge is -2.29. The normalized spacial score (nSPS) is 22.0. The van der Waals surface area contributed by atoms with Crippen LogP contribution in [0.1, 0.15) is 42.5 Å². The number of pyridine rings is 1. The van der Waals surface area contributed by atoms with E-state index in [4.69, 9.17) is 10.1 Å². The molecule has 0 radical (unpaired) electrons. The third-order valence-electron chi connectivity index (χ3n) is 5.38. The van der Waals surface area contributed by atoms with E-state index in [2.05, 4.69) is 45.3 Å². The number of carbonyl (C=O) groups is 1. The van der Waals surface area contributed by atoms with E-state index in [0.717, 1.165) is 43.5 Å². The maximum atomic E-state index is 12.5. The molecule has 0 aromatic carbocycles. The summed E-state index contributed by atoms with van der Waals surface area (Å²) < 4.78 is 5.26. The number of anilines is 2. The molecule has 8 nitrogen and oxygen atoms in total. The molecule has 5 N–H and O–H groups in total. The number of nitrogens with zero attached hydrogens (tertiary/aromatic N) is 1. The molecular formula is C22H38N6O2. The van der Waals surface area contributed by atoms with E-state index in [-0.39, 0.29) is 16.4 Å². The van der Waals surface area contributed by atoms with Crippen molar-refractivity contribution in [1.29, 1.82) is 5.41 Å². The predicted octanol–water partition coefficient (Wildman–Crippen LogP) is 3.78. The van der Waals surface area contributed by atoms with Crippen LogP contribution in [0.4, 0.5) is 16.3 Å². The zero-order valence-electron chi connectivity index (χ0n) is 17.7. The maximum Gasteiger partial charge on any atom is 0.320 e. The van der Waals surface area contributed by atoms with E-state index in [9.17, 15) is 4.79 Å². The van der Waals surface area contributed by atoms with Gasteiger partial charge < -0.3 is 26.1 Å². The third kappa shape index (κ3) is 6.14. The Morgan fingerprint density at radius 3 is 3.07 bits per heavy atom. The minimum Gasteiger partial charge on any atom is -0.382 e. The second kappa shape index (κ2) is 10.9. The molecule has 1 saturated heterocycles. The lowest BCUT2D eigenvalue weighted by atomic mass is 10.00. The fraction of sp³-hybridized carbons (Fsp3) is 0.500. The Balaban J connectivity index is 0.00000341. The molecule has 2 amide bonds. The topological polar surface area (TPSA) is 111 Å². The highest BCUT2D eigenvalue weighted by Crippen LogP contribution is 2.21.